The summed E-state index contributed by atoms with van der Waals surface area (Å²) in [6, 6.07) is 4.18. The lowest BCUT2D eigenvalue weighted by Gasteiger charge is -2.12. The van der Waals surface area contributed by atoms with Gasteiger partial charge >= 0.3 is 0 Å². The summed E-state index contributed by atoms with van der Waals surface area (Å²) in [6.07, 6.45) is 6.33. The molecule has 0 heterocycles. The molecule has 108 valence electrons. The van der Waals surface area contributed by atoms with Crippen LogP contribution in [0.5, 0.6) is 5.75 Å². The molecule has 0 saturated carbocycles. The molecule has 1 aromatic carbocycles. The smallest absolute Gasteiger partial charge is 0.123 e. The van der Waals surface area contributed by atoms with Gasteiger partial charge in [-0.15, -0.1) is 19.7 Å². The zero-order valence-electron chi connectivity index (χ0n) is 11.8. The van der Waals surface area contributed by atoms with Gasteiger partial charge in [0.1, 0.15) is 5.75 Å². The molecular weight excluding hydrogens is 284 g/mol. The zero-order chi connectivity index (χ0) is 14.8. The maximum atomic E-state index is 10.3. The van der Waals surface area contributed by atoms with Crippen molar-refractivity contribution in [3.8, 4) is 5.75 Å². The molecule has 1 N–H and O–H groups in total. The Morgan fingerprint density at radius 1 is 0.900 bits per heavy atom. The summed E-state index contributed by atoms with van der Waals surface area (Å²) < 4.78 is 0. The van der Waals surface area contributed by atoms with Gasteiger partial charge in [-0.2, -0.15) is 23.5 Å². The van der Waals surface area contributed by atoms with Gasteiger partial charge in [0, 0.05) is 28.6 Å². The van der Waals surface area contributed by atoms with Gasteiger partial charge in [-0.3, -0.25) is 0 Å². The van der Waals surface area contributed by atoms with Gasteiger partial charge in [0.15, 0.2) is 0 Å². The Bertz CT molecular complexity index is 466. The molecule has 20 heavy (non-hydrogen) atoms. The lowest BCUT2D eigenvalue weighted by atomic mass is 10.0. The van der Waals surface area contributed by atoms with Crippen LogP contribution in [0.4, 0.5) is 0 Å². The van der Waals surface area contributed by atoms with Crippen molar-refractivity contribution in [2.45, 2.75) is 17.9 Å². The first-order valence-corrected chi connectivity index (χ1v) is 8.85. The molecule has 0 aliphatic carbocycles. The number of rotatable bonds is 10. The van der Waals surface area contributed by atoms with Gasteiger partial charge in [-0.25, -0.2) is 0 Å². The summed E-state index contributed by atoms with van der Waals surface area (Å²) in [5.74, 6) is 4.00. The van der Waals surface area contributed by atoms with Crippen molar-refractivity contribution in [2.24, 2.45) is 0 Å². The average Bonchev–Trinajstić information content (AvgIpc) is 2.44. The Kier molecular flexibility index (Phi) is 8.31. The summed E-state index contributed by atoms with van der Waals surface area (Å²) in [5, 5.41) is 10.3. The molecule has 1 nitrogen and oxygen atoms in total. The van der Waals surface area contributed by atoms with Crippen LogP contribution in [0.25, 0.3) is 0 Å². The molecule has 0 aliphatic rings. The summed E-state index contributed by atoms with van der Waals surface area (Å²) in [4.78, 5) is 0. The zero-order valence-corrected chi connectivity index (χ0v) is 13.4. The SMILES string of the molecule is C=CCSCc1cc(CC=C)c(O)c(CSCC=C)c1. The van der Waals surface area contributed by atoms with E-state index in [4.69, 9.17) is 0 Å². The van der Waals surface area contributed by atoms with Crippen molar-refractivity contribution in [1.82, 2.24) is 0 Å². The first-order valence-electron chi connectivity index (χ1n) is 6.54. The molecule has 1 rings (SSSR count). The number of thioether (sulfide) groups is 2. The highest BCUT2D eigenvalue weighted by molar-refractivity contribution is 7.98. The van der Waals surface area contributed by atoms with Crippen LogP contribution in [-0.4, -0.2) is 16.6 Å². The minimum absolute atomic E-state index is 0.416. The second-order valence-corrected chi connectivity index (χ2v) is 6.42. The quantitative estimate of drug-likeness (QED) is 0.487. The largest absolute Gasteiger partial charge is 0.507 e. The first-order chi connectivity index (χ1) is 9.72. The van der Waals surface area contributed by atoms with E-state index in [9.17, 15) is 5.11 Å². The Labute approximate surface area is 130 Å². The third kappa shape index (κ3) is 5.51. The van der Waals surface area contributed by atoms with Crippen molar-refractivity contribution < 1.29 is 5.11 Å². The van der Waals surface area contributed by atoms with Crippen LogP contribution in [0, 0.1) is 0 Å². The number of hydrogen-bond donors (Lipinski definition) is 1. The molecule has 1 aromatic rings. The fourth-order valence-corrected chi connectivity index (χ4v) is 3.26. The van der Waals surface area contributed by atoms with E-state index < -0.39 is 0 Å². The molecule has 3 heteroatoms. The maximum absolute atomic E-state index is 10.3. The molecule has 0 atom stereocenters. The van der Waals surface area contributed by atoms with Crippen molar-refractivity contribution >= 4 is 23.5 Å². The van der Waals surface area contributed by atoms with Crippen molar-refractivity contribution in [2.75, 3.05) is 11.5 Å². The molecule has 0 unspecified atom stereocenters. The highest BCUT2D eigenvalue weighted by Gasteiger charge is 2.09. The molecule has 0 saturated heterocycles. The Hall–Kier alpha value is -1.06. The molecular formula is C17H22OS2. The summed E-state index contributed by atoms with van der Waals surface area (Å²) in [6.45, 7) is 11.2. The topological polar surface area (TPSA) is 20.2 Å². The van der Waals surface area contributed by atoms with Gasteiger partial charge < -0.3 is 5.11 Å². The maximum Gasteiger partial charge on any atom is 0.123 e. The molecule has 0 fully saturated rings. The third-order valence-corrected chi connectivity index (χ3v) is 4.68. The number of phenols is 1. The van der Waals surface area contributed by atoms with E-state index in [0.717, 1.165) is 34.1 Å². The van der Waals surface area contributed by atoms with Gasteiger partial charge in [-0.05, 0) is 17.5 Å². The predicted molar refractivity (Wildman–Crippen MR) is 94.7 cm³/mol. The fourth-order valence-electron chi connectivity index (χ4n) is 1.85. The lowest BCUT2D eigenvalue weighted by Crippen LogP contribution is -1.94. The Morgan fingerprint density at radius 2 is 1.50 bits per heavy atom. The van der Waals surface area contributed by atoms with Crippen LogP contribution in [-0.2, 0) is 17.9 Å². The highest BCUT2D eigenvalue weighted by Crippen LogP contribution is 2.30. The van der Waals surface area contributed by atoms with Gasteiger partial charge in [0.2, 0.25) is 0 Å². The summed E-state index contributed by atoms with van der Waals surface area (Å²) in [7, 11) is 0. The first kappa shape index (κ1) is 17.0. The monoisotopic (exact) mass is 306 g/mol. The van der Waals surface area contributed by atoms with Crippen LogP contribution in [0.2, 0.25) is 0 Å². The summed E-state index contributed by atoms with van der Waals surface area (Å²) >= 11 is 3.59. The molecule has 0 aromatic heterocycles. The molecule has 0 spiro atoms. The predicted octanol–water partition coefficient (Wildman–Crippen LogP) is 4.96. The number of phenolic OH excluding ortho intramolecular Hbond substituents is 1. The fraction of sp³-hybridized carbons (Fsp3) is 0.294. The van der Waals surface area contributed by atoms with E-state index in [2.05, 4.69) is 31.9 Å². The van der Waals surface area contributed by atoms with Crippen molar-refractivity contribution in [1.29, 1.82) is 0 Å². The van der Waals surface area contributed by atoms with Crippen LogP contribution in [0.15, 0.2) is 50.1 Å². The van der Waals surface area contributed by atoms with Crippen LogP contribution >= 0.6 is 23.5 Å². The van der Waals surface area contributed by atoms with Crippen molar-refractivity contribution in [3.63, 3.8) is 0 Å². The van der Waals surface area contributed by atoms with E-state index >= 15 is 0 Å². The third-order valence-electron chi connectivity index (χ3n) is 2.69. The average molecular weight is 306 g/mol. The van der Waals surface area contributed by atoms with E-state index in [1.807, 2.05) is 30.0 Å². The van der Waals surface area contributed by atoms with Crippen LogP contribution in [0.1, 0.15) is 16.7 Å². The van der Waals surface area contributed by atoms with Crippen LogP contribution in [0.3, 0.4) is 0 Å². The number of hydrogen-bond acceptors (Lipinski definition) is 3. The van der Waals surface area contributed by atoms with Gasteiger partial charge in [-0.1, -0.05) is 30.4 Å². The molecule has 0 bridgehead atoms. The summed E-state index contributed by atoms with van der Waals surface area (Å²) in [5.41, 5.74) is 3.22. The molecule has 0 radical (unpaired) electrons. The highest BCUT2D eigenvalue weighted by atomic mass is 32.2. The second kappa shape index (κ2) is 9.78. The van der Waals surface area contributed by atoms with Crippen LogP contribution < -0.4 is 0 Å². The lowest BCUT2D eigenvalue weighted by molar-refractivity contribution is 0.465. The van der Waals surface area contributed by atoms with E-state index in [1.54, 1.807) is 11.8 Å². The standard InChI is InChI=1S/C17H22OS2/c1-4-7-15-10-14(12-19-8-5-2)11-16(17(15)18)13-20-9-6-3/h4-6,10-11,18H,1-3,7-9,12-13H2. The molecule has 0 aliphatic heterocycles. The minimum Gasteiger partial charge on any atom is -0.507 e. The van der Waals surface area contributed by atoms with E-state index in [1.165, 1.54) is 5.56 Å². The van der Waals surface area contributed by atoms with Crippen molar-refractivity contribution in [3.05, 3.63) is 66.8 Å². The Morgan fingerprint density at radius 3 is 2.10 bits per heavy atom. The van der Waals surface area contributed by atoms with Gasteiger partial charge in [0.05, 0.1) is 0 Å². The minimum atomic E-state index is 0.416. The normalized spacial score (nSPS) is 10.2. The number of aromatic hydroxyl groups is 1. The van der Waals surface area contributed by atoms with Gasteiger partial charge in [0.25, 0.3) is 0 Å². The second-order valence-electron chi connectivity index (χ2n) is 4.36. The van der Waals surface area contributed by atoms with E-state index in [0.29, 0.717) is 12.2 Å². The Balaban J connectivity index is 2.90. The molecule has 0 amide bonds. The number of allylic oxidation sites excluding steroid dienone is 1. The van der Waals surface area contributed by atoms with E-state index in [-0.39, 0.29) is 0 Å². The number of benzene rings is 1.